The van der Waals surface area contributed by atoms with Gasteiger partial charge in [-0.15, -0.1) is 0 Å². The maximum absolute atomic E-state index is 12.5. The summed E-state index contributed by atoms with van der Waals surface area (Å²) in [6, 6.07) is 14.7. The van der Waals surface area contributed by atoms with E-state index in [1.54, 1.807) is 24.3 Å². The summed E-state index contributed by atoms with van der Waals surface area (Å²) >= 11 is 0. The first kappa shape index (κ1) is 22.9. The van der Waals surface area contributed by atoms with Crippen LogP contribution in [0.15, 0.2) is 76.2 Å². The zero-order valence-electron chi connectivity index (χ0n) is 17.0. The summed E-state index contributed by atoms with van der Waals surface area (Å²) in [6.45, 7) is 0.805. The predicted octanol–water partition coefficient (Wildman–Crippen LogP) is 2.76. The van der Waals surface area contributed by atoms with Crippen LogP contribution in [0.4, 0.5) is 5.69 Å². The Morgan fingerprint density at radius 3 is 2.38 bits per heavy atom. The Morgan fingerprint density at radius 1 is 0.969 bits per heavy atom. The average molecular weight is 456 g/mol. The van der Waals surface area contributed by atoms with Gasteiger partial charge in [0, 0.05) is 18.2 Å². The Hall–Kier alpha value is -3.76. The van der Waals surface area contributed by atoms with Crippen LogP contribution in [-0.2, 0) is 26.1 Å². The molecular weight excluding hydrogens is 436 g/mol. The molecule has 0 aliphatic carbocycles. The predicted molar refractivity (Wildman–Crippen MR) is 115 cm³/mol. The number of esters is 1. The standard InChI is InChI=1S/C22H20N2O7S/c1-15(25)24-18-9-7-16(8-10-18)21(26)14-31-22(27)17-4-2-6-20(12-17)32(28,29)23-13-19-5-3-11-30-19/h2-12,23H,13-14H2,1H3,(H,24,25). The van der Waals surface area contributed by atoms with Crippen molar-refractivity contribution >= 4 is 33.4 Å². The summed E-state index contributed by atoms with van der Waals surface area (Å²) in [5.41, 5.74) is 0.815. The van der Waals surface area contributed by atoms with E-state index in [1.165, 1.54) is 49.6 Å². The molecule has 3 aromatic rings. The van der Waals surface area contributed by atoms with Gasteiger partial charge in [-0.1, -0.05) is 6.07 Å². The number of Topliss-reactive ketones (excluding diaryl/α,β-unsaturated/α-hetero) is 1. The van der Waals surface area contributed by atoms with E-state index in [2.05, 4.69) is 10.0 Å². The maximum Gasteiger partial charge on any atom is 0.338 e. The fraction of sp³-hybridized carbons (Fsp3) is 0.136. The zero-order chi connectivity index (χ0) is 23.1. The van der Waals surface area contributed by atoms with Gasteiger partial charge in [-0.2, -0.15) is 0 Å². The molecule has 0 fully saturated rings. The number of amides is 1. The minimum absolute atomic E-state index is 0.0142. The molecule has 0 saturated carbocycles. The SMILES string of the molecule is CC(=O)Nc1ccc(C(=O)COC(=O)c2cccc(S(=O)(=O)NCc3ccco3)c2)cc1. The van der Waals surface area contributed by atoms with Gasteiger partial charge in [0.05, 0.1) is 23.3 Å². The summed E-state index contributed by atoms with van der Waals surface area (Å²) < 4.78 is 37.4. The molecule has 10 heteroatoms. The van der Waals surface area contributed by atoms with E-state index in [-0.39, 0.29) is 22.9 Å². The highest BCUT2D eigenvalue weighted by Crippen LogP contribution is 2.14. The second kappa shape index (κ2) is 10.0. The van der Waals surface area contributed by atoms with Crippen LogP contribution in [0.3, 0.4) is 0 Å². The molecule has 1 heterocycles. The van der Waals surface area contributed by atoms with Crippen molar-refractivity contribution in [2.75, 3.05) is 11.9 Å². The minimum atomic E-state index is -3.89. The number of carbonyl (C=O) groups excluding carboxylic acids is 3. The second-order valence-electron chi connectivity index (χ2n) is 6.69. The van der Waals surface area contributed by atoms with Crippen molar-refractivity contribution in [3.63, 3.8) is 0 Å². The summed E-state index contributed by atoms with van der Waals surface area (Å²) in [6.07, 6.45) is 1.43. The highest BCUT2D eigenvalue weighted by Gasteiger charge is 2.18. The van der Waals surface area contributed by atoms with Gasteiger partial charge in [0.15, 0.2) is 12.4 Å². The largest absolute Gasteiger partial charge is 0.468 e. The molecule has 9 nitrogen and oxygen atoms in total. The van der Waals surface area contributed by atoms with Crippen molar-refractivity contribution in [1.29, 1.82) is 0 Å². The molecule has 0 aliphatic heterocycles. The van der Waals surface area contributed by atoms with E-state index in [4.69, 9.17) is 9.15 Å². The fourth-order valence-corrected chi connectivity index (χ4v) is 3.73. The lowest BCUT2D eigenvalue weighted by molar-refractivity contribution is -0.114. The first-order valence-electron chi connectivity index (χ1n) is 9.45. The van der Waals surface area contributed by atoms with Crippen LogP contribution in [0.1, 0.15) is 33.4 Å². The van der Waals surface area contributed by atoms with Crippen molar-refractivity contribution in [1.82, 2.24) is 4.72 Å². The first-order chi connectivity index (χ1) is 15.2. The number of anilines is 1. The van der Waals surface area contributed by atoms with E-state index < -0.39 is 28.4 Å². The smallest absolute Gasteiger partial charge is 0.338 e. The van der Waals surface area contributed by atoms with Crippen LogP contribution in [0, 0.1) is 0 Å². The Balaban J connectivity index is 1.60. The quantitative estimate of drug-likeness (QED) is 0.374. The molecule has 0 atom stereocenters. The number of ether oxygens (including phenoxy) is 1. The molecule has 32 heavy (non-hydrogen) atoms. The molecule has 2 aromatic carbocycles. The Morgan fingerprint density at radius 2 is 1.72 bits per heavy atom. The number of hydrogen-bond donors (Lipinski definition) is 2. The Bertz CT molecular complexity index is 1220. The number of sulfonamides is 1. The minimum Gasteiger partial charge on any atom is -0.468 e. The number of rotatable bonds is 9. The highest BCUT2D eigenvalue weighted by atomic mass is 32.2. The summed E-state index contributed by atoms with van der Waals surface area (Å²) in [5, 5.41) is 2.58. The number of carbonyl (C=O) groups is 3. The van der Waals surface area contributed by atoms with Crippen LogP contribution in [0.5, 0.6) is 0 Å². The molecule has 1 aromatic heterocycles. The maximum atomic E-state index is 12.5. The topological polar surface area (TPSA) is 132 Å². The third kappa shape index (κ3) is 6.13. The lowest BCUT2D eigenvalue weighted by Gasteiger charge is -2.08. The molecule has 0 radical (unpaired) electrons. The fourth-order valence-electron chi connectivity index (χ4n) is 2.69. The molecule has 2 N–H and O–H groups in total. The number of benzene rings is 2. The highest BCUT2D eigenvalue weighted by molar-refractivity contribution is 7.89. The molecule has 0 aliphatic rings. The van der Waals surface area contributed by atoms with Crippen LogP contribution >= 0.6 is 0 Å². The van der Waals surface area contributed by atoms with Gasteiger partial charge in [0.2, 0.25) is 15.9 Å². The van der Waals surface area contributed by atoms with Gasteiger partial charge in [-0.05, 0) is 54.6 Å². The molecule has 0 saturated heterocycles. The summed E-state index contributed by atoms with van der Waals surface area (Å²) in [4.78, 5) is 35.5. The van der Waals surface area contributed by atoms with Gasteiger partial charge >= 0.3 is 5.97 Å². The van der Waals surface area contributed by atoms with Gasteiger partial charge in [0.1, 0.15) is 5.76 Å². The molecular formula is C22H20N2O7S. The first-order valence-corrected chi connectivity index (χ1v) is 10.9. The normalized spacial score (nSPS) is 11.0. The summed E-state index contributed by atoms with van der Waals surface area (Å²) in [7, 11) is -3.89. The van der Waals surface area contributed by atoms with Crippen LogP contribution in [0.2, 0.25) is 0 Å². The van der Waals surface area contributed by atoms with Crippen molar-refractivity contribution in [2.24, 2.45) is 0 Å². The molecule has 0 unspecified atom stereocenters. The Kier molecular flexibility index (Phi) is 7.18. The van der Waals surface area contributed by atoms with Gasteiger partial charge in [-0.25, -0.2) is 17.9 Å². The lowest BCUT2D eigenvalue weighted by atomic mass is 10.1. The van der Waals surface area contributed by atoms with Crippen LogP contribution in [-0.4, -0.2) is 32.7 Å². The number of hydrogen-bond acceptors (Lipinski definition) is 7. The van der Waals surface area contributed by atoms with Crippen molar-refractivity contribution in [2.45, 2.75) is 18.4 Å². The van der Waals surface area contributed by atoms with Gasteiger partial charge in [-0.3, -0.25) is 9.59 Å². The average Bonchev–Trinajstić information content (AvgIpc) is 3.30. The number of furan rings is 1. The monoisotopic (exact) mass is 456 g/mol. The third-order valence-corrected chi connectivity index (χ3v) is 5.66. The third-order valence-electron chi connectivity index (χ3n) is 4.26. The van der Waals surface area contributed by atoms with Crippen LogP contribution in [0.25, 0.3) is 0 Å². The molecule has 0 bridgehead atoms. The van der Waals surface area contributed by atoms with E-state index in [1.807, 2.05) is 0 Å². The van der Waals surface area contributed by atoms with Crippen molar-refractivity contribution in [3.05, 3.63) is 83.8 Å². The van der Waals surface area contributed by atoms with Gasteiger partial charge in [0.25, 0.3) is 0 Å². The second-order valence-corrected chi connectivity index (χ2v) is 8.46. The van der Waals surface area contributed by atoms with E-state index in [9.17, 15) is 22.8 Å². The Labute approximate surface area is 184 Å². The molecule has 166 valence electrons. The van der Waals surface area contributed by atoms with E-state index in [0.29, 0.717) is 17.0 Å². The van der Waals surface area contributed by atoms with Crippen molar-refractivity contribution < 1.29 is 32.0 Å². The summed E-state index contributed by atoms with van der Waals surface area (Å²) in [5.74, 6) is -1.08. The van der Waals surface area contributed by atoms with Crippen molar-refractivity contribution in [3.8, 4) is 0 Å². The number of nitrogens with one attached hydrogen (secondary N) is 2. The lowest BCUT2D eigenvalue weighted by Crippen LogP contribution is -2.23. The van der Waals surface area contributed by atoms with Crippen LogP contribution < -0.4 is 10.0 Å². The van der Waals surface area contributed by atoms with Gasteiger partial charge < -0.3 is 14.5 Å². The molecule has 0 spiro atoms. The van der Waals surface area contributed by atoms with E-state index >= 15 is 0 Å². The molecule has 3 rings (SSSR count). The molecule has 1 amide bonds. The number of ketones is 1. The van der Waals surface area contributed by atoms with E-state index in [0.717, 1.165) is 0 Å². The zero-order valence-corrected chi connectivity index (χ0v) is 17.8.